The van der Waals surface area contributed by atoms with Crippen molar-refractivity contribution < 1.29 is 20.7 Å². The molecule has 10 rings (SSSR count). The van der Waals surface area contributed by atoms with Crippen LogP contribution in [0.15, 0.2) is 115 Å². The number of nitrogens with one attached hydrogen (secondary N) is 2. The molecular weight excluding hydrogens is 660 g/mol. The molecule has 2 aliphatic heterocycles. The van der Waals surface area contributed by atoms with Crippen LogP contribution in [0.5, 0.6) is 5.75 Å². The molecule has 5 heterocycles. The molecule has 2 N–H and O–H groups in total. The number of rotatable bonds is 3. The Hall–Kier alpha value is -6.22. The Morgan fingerprint density at radius 2 is 1.00 bits per heavy atom. The Morgan fingerprint density at radius 3 is 1.69 bits per heavy atom. The van der Waals surface area contributed by atoms with Gasteiger partial charge >= 0.3 is 252 Å². The van der Waals surface area contributed by atoms with E-state index in [1.54, 1.807) is 0 Å². The van der Waals surface area contributed by atoms with Crippen molar-refractivity contribution in [1.29, 1.82) is 0 Å². The van der Waals surface area contributed by atoms with Crippen LogP contribution in [0.2, 0.25) is 0 Å². The predicted octanol–water partition coefficient (Wildman–Crippen LogP) is 7.62. The molecule has 0 fully saturated rings. The van der Waals surface area contributed by atoms with E-state index in [0.29, 0.717) is 62.7 Å². The summed E-state index contributed by atoms with van der Waals surface area (Å²) in [4.78, 5) is 37.2. The van der Waals surface area contributed by atoms with Gasteiger partial charge in [-0.2, -0.15) is 0 Å². The van der Waals surface area contributed by atoms with E-state index in [-0.39, 0.29) is 0 Å². The number of hydrogen-bond donors (Lipinski definition) is 2. The summed E-state index contributed by atoms with van der Waals surface area (Å²) in [5.74, 6) is 2.81. The molecule has 8 aromatic rings. The van der Waals surface area contributed by atoms with E-state index < -0.39 is 0 Å². The molecule has 9 nitrogen and oxygen atoms in total. The topological polar surface area (TPSA) is 118 Å². The second-order valence-electron chi connectivity index (χ2n) is 11.8. The summed E-state index contributed by atoms with van der Waals surface area (Å²) in [6.45, 7) is 0.435. The van der Waals surface area contributed by atoms with Gasteiger partial charge in [-0.1, -0.05) is 36.4 Å². The Bertz CT molecular complexity index is 2810. The van der Waals surface area contributed by atoms with Crippen LogP contribution < -0.4 is 9.20 Å². The SMILES string of the molecule is [Cu][c]1cccc2c3nc4nc(nc5[nH]c(nc6nc(nc([nH]3)c12)-c1ccccc1-6)c1ccccc51)-c1ccc(OCc2ccccc2)cc1-4. The van der Waals surface area contributed by atoms with Crippen molar-refractivity contribution in [2.24, 2.45) is 0 Å². The minimum absolute atomic E-state index is 0.435. The molecule has 0 atom stereocenters. The van der Waals surface area contributed by atoms with Crippen LogP contribution >= 0.6 is 0 Å². The molecule has 0 saturated carbocycles. The molecule has 0 spiro atoms. The molecule has 8 bridgehead atoms. The quantitative estimate of drug-likeness (QED) is 0.184. The molecule has 0 radical (unpaired) electrons. The fraction of sp³-hybridized carbons (Fsp3) is 0.0256. The first kappa shape index (κ1) is 27.9. The van der Waals surface area contributed by atoms with Crippen molar-refractivity contribution in [3.63, 3.8) is 0 Å². The second kappa shape index (κ2) is 10.9. The zero-order valence-electron chi connectivity index (χ0n) is 25.6. The van der Waals surface area contributed by atoms with Crippen LogP contribution in [0.3, 0.4) is 0 Å². The zero-order chi connectivity index (χ0) is 32.5. The third-order valence-corrected chi connectivity index (χ3v) is 9.20. The van der Waals surface area contributed by atoms with E-state index in [9.17, 15) is 0 Å². The molecule has 0 amide bonds. The minimum atomic E-state index is 0.435. The summed E-state index contributed by atoms with van der Waals surface area (Å²) in [5.41, 5.74) is 6.92. The van der Waals surface area contributed by atoms with E-state index in [1.165, 1.54) is 0 Å². The van der Waals surface area contributed by atoms with Crippen LogP contribution in [-0.2, 0) is 22.6 Å². The third kappa shape index (κ3) is 4.61. The summed E-state index contributed by atoms with van der Waals surface area (Å²) in [6, 6.07) is 37.8. The van der Waals surface area contributed by atoms with Crippen molar-refractivity contribution in [1.82, 2.24) is 39.9 Å². The van der Waals surface area contributed by atoms with Crippen molar-refractivity contribution >= 4 is 48.6 Å². The molecule has 0 aliphatic carbocycles. The van der Waals surface area contributed by atoms with Crippen molar-refractivity contribution in [3.8, 4) is 51.3 Å². The van der Waals surface area contributed by atoms with Crippen molar-refractivity contribution in [3.05, 3.63) is 121 Å². The number of H-pyrrole nitrogens is 2. The van der Waals surface area contributed by atoms with Gasteiger partial charge in [0, 0.05) is 0 Å². The average molecular weight is 683 g/mol. The Balaban J connectivity index is 1.29. The molecule has 0 unspecified atom stereocenters. The van der Waals surface area contributed by atoms with E-state index in [2.05, 4.69) is 9.97 Å². The first-order chi connectivity index (χ1) is 24.2. The molecule has 5 aromatic carbocycles. The maximum absolute atomic E-state index is 6.22. The van der Waals surface area contributed by atoms with Crippen molar-refractivity contribution in [2.45, 2.75) is 6.61 Å². The molecule has 2 aliphatic rings. The number of benzene rings is 5. The normalized spacial score (nSPS) is 11.9. The molecule has 10 heteroatoms. The Kier molecular flexibility index (Phi) is 6.20. The average Bonchev–Trinajstić information content (AvgIpc) is 3.87. The third-order valence-electron chi connectivity index (χ3n) is 8.81. The summed E-state index contributed by atoms with van der Waals surface area (Å²) in [6.07, 6.45) is 0. The number of ether oxygens (including phenoxy) is 1. The van der Waals surface area contributed by atoms with E-state index in [1.807, 2.05) is 115 Å². The first-order valence-corrected chi connectivity index (χ1v) is 16.2. The van der Waals surface area contributed by atoms with Crippen LogP contribution in [0.1, 0.15) is 5.56 Å². The second-order valence-corrected chi connectivity index (χ2v) is 12.3. The van der Waals surface area contributed by atoms with Gasteiger partial charge in [-0.25, -0.2) is 0 Å². The van der Waals surface area contributed by atoms with Gasteiger partial charge in [-0.15, -0.1) is 0 Å². The molecule has 236 valence electrons. The Morgan fingerprint density at radius 1 is 0.469 bits per heavy atom. The van der Waals surface area contributed by atoms with Crippen LogP contribution in [0.4, 0.5) is 0 Å². The van der Waals surface area contributed by atoms with Crippen LogP contribution in [-0.4, -0.2) is 39.9 Å². The summed E-state index contributed by atoms with van der Waals surface area (Å²) < 4.78 is 6.86. The number of hydrogen-bond acceptors (Lipinski definition) is 7. The van der Waals surface area contributed by atoms with Gasteiger partial charge in [0.05, 0.1) is 0 Å². The summed E-state index contributed by atoms with van der Waals surface area (Å²) in [5, 5.41) is 3.45. The number of fused-ring (bicyclic) bond motifs is 20. The summed E-state index contributed by atoms with van der Waals surface area (Å²) >= 11 is 6.01. The molecular formula is C39H23CuN8O. The van der Waals surface area contributed by atoms with E-state index in [0.717, 1.165) is 49.4 Å². The number of aromatic nitrogens is 8. The number of aromatic amines is 2. The molecule has 49 heavy (non-hydrogen) atoms. The molecule has 3 aromatic heterocycles. The Labute approximate surface area is 287 Å². The molecule has 0 saturated heterocycles. The maximum atomic E-state index is 6.22. The summed E-state index contributed by atoms with van der Waals surface area (Å²) in [7, 11) is 0. The first-order valence-electron chi connectivity index (χ1n) is 15.7. The fourth-order valence-corrected chi connectivity index (χ4v) is 6.81. The van der Waals surface area contributed by atoms with Gasteiger partial charge in [0.15, 0.2) is 0 Å². The van der Waals surface area contributed by atoms with Gasteiger partial charge in [-0.3, -0.25) is 0 Å². The van der Waals surface area contributed by atoms with Gasteiger partial charge in [0.2, 0.25) is 0 Å². The van der Waals surface area contributed by atoms with E-state index >= 15 is 0 Å². The van der Waals surface area contributed by atoms with E-state index in [4.69, 9.17) is 50.7 Å². The van der Waals surface area contributed by atoms with Gasteiger partial charge in [0.1, 0.15) is 0 Å². The number of nitrogens with zero attached hydrogens (tertiary/aromatic N) is 6. The monoisotopic (exact) mass is 682 g/mol. The van der Waals surface area contributed by atoms with Crippen molar-refractivity contribution in [2.75, 3.05) is 0 Å². The van der Waals surface area contributed by atoms with Crippen LogP contribution in [0, 0.1) is 0 Å². The van der Waals surface area contributed by atoms with Gasteiger partial charge in [-0.05, 0) is 0 Å². The van der Waals surface area contributed by atoms with Crippen LogP contribution in [0.25, 0.3) is 89.7 Å². The standard InChI is InChI=1S/C39H23N8O.Cu/c1-2-10-22(11-3-1)21-48-23-18-19-30-31(20-23)39-46-37-29-17-9-8-16-28(29)35(44-37)42-33-25-13-5-4-12-24(25)32(40-33)41-34-26-14-6-7-15-27(26)36(43-34)45-38(30)47-39;/h1-15,17-20H,21H2,(H2,40,41,42,43,44,45,46,47);. The zero-order valence-corrected chi connectivity index (χ0v) is 26.5. The van der Waals surface area contributed by atoms with Gasteiger partial charge < -0.3 is 0 Å². The van der Waals surface area contributed by atoms with Gasteiger partial charge in [0.25, 0.3) is 0 Å². The fourth-order valence-electron chi connectivity index (χ4n) is 6.48. The predicted molar refractivity (Wildman–Crippen MR) is 186 cm³/mol.